The van der Waals surface area contributed by atoms with Gasteiger partial charge in [0.1, 0.15) is 11.6 Å². The lowest BCUT2D eigenvalue weighted by Gasteiger charge is -2.18. The zero-order chi connectivity index (χ0) is 15.0. The summed E-state index contributed by atoms with van der Waals surface area (Å²) in [4.78, 5) is 17.8. The number of carbonyl (C=O) groups excluding carboxylic acids is 1. The van der Waals surface area contributed by atoms with Crippen molar-refractivity contribution in [2.75, 3.05) is 18.4 Å². The number of nitrogens with one attached hydrogen (secondary N) is 1. The number of carbonyl (C=O) groups is 1. The molecule has 6 heteroatoms. The zero-order valence-corrected chi connectivity index (χ0v) is 12.1. The fourth-order valence-corrected chi connectivity index (χ4v) is 2.08. The Morgan fingerprint density at radius 1 is 1.55 bits per heavy atom. The first kappa shape index (κ1) is 15.7. The first-order valence-electron chi connectivity index (χ1n) is 5.92. The molecular weight excluding hydrogens is 272 g/mol. The molecule has 5 nitrogen and oxygen atoms in total. The number of hydrogen-bond acceptors (Lipinski definition) is 5. The van der Waals surface area contributed by atoms with Gasteiger partial charge in [0.25, 0.3) is 5.91 Å². The van der Waals surface area contributed by atoms with Gasteiger partial charge >= 0.3 is 0 Å². The van der Waals surface area contributed by atoms with Crippen LogP contribution in [-0.2, 0) is 4.79 Å². The molecule has 0 aliphatic rings. The van der Waals surface area contributed by atoms with Crippen LogP contribution in [0.25, 0.3) is 0 Å². The Morgan fingerprint density at radius 2 is 2.20 bits per heavy atom. The van der Waals surface area contributed by atoms with Crippen LogP contribution in [0.4, 0.5) is 5.13 Å². The molecule has 1 heterocycles. The van der Waals surface area contributed by atoms with E-state index in [1.54, 1.807) is 12.2 Å². The number of nitrogens with zero attached hydrogens (tertiary/aromatic N) is 3. The Hall–Kier alpha value is -2.39. The molecule has 0 aliphatic carbocycles. The van der Waals surface area contributed by atoms with Crippen molar-refractivity contribution in [3.63, 3.8) is 0 Å². The summed E-state index contributed by atoms with van der Waals surface area (Å²) in [7, 11) is 0. The van der Waals surface area contributed by atoms with Crippen molar-refractivity contribution in [2.45, 2.75) is 6.92 Å². The summed E-state index contributed by atoms with van der Waals surface area (Å²) in [5, 5.41) is 14.5. The monoisotopic (exact) mass is 288 g/mol. The van der Waals surface area contributed by atoms with Gasteiger partial charge in [0.05, 0.1) is 5.69 Å². The third-order valence-corrected chi connectivity index (χ3v) is 3.19. The summed E-state index contributed by atoms with van der Waals surface area (Å²) >= 11 is 1.41. The lowest BCUT2D eigenvalue weighted by molar-refractivity contribution is -0.125. The molecule has 0 atom stereocenters. The minimum atomic E-state index is -0.368. The number of nitriles is 1. The molecule has 1 aromatic heterocycles. The molecule has 20 heavy (non-hydrogen) atoms. The van der Waals surface area contributed by atoms with E-state index >= 15 is 0 Å². The highest BCUT2D eigenvalue weighted by Crippen LogP contribution is 2.15. The van der Waals surface area contributed by atoms with Gasteiger partial charge in [0.15, 0.2) is 5.13 Å². The molecular formula is C14H16N4OS. The van der Waals surface area contributed by atoms with Gasteiger partial charge in [0, 0.05) is 24.7 Å². The van der Waals surface area contributed by atoms with E-state index in [0.717, 1.165) is 5.69 Å². The van der Waals surface area contributed by atoms with Crippen molar-refractivity contribution in [3.8, 4) is 6.07 Å². The highest BCUT2D eigenvalue weighted by molar-refractivity contribution is 7.13. The lowest BCUT2D eigenvalue weighted by Crippen LogP contribution is -2.32. The van der Waals surface area contributed by atoms with Crippen LogP contribution >= 0.6 is 11.3 Å². The van der Waals surface area contributed by atoms with Crippen molar-refractivity contribution in [1.29, 1.82) is 5.26 Å². The summed E-state index contributed by atoms with van der Waals surface area (Å²) in [6, 6.07) is 1.89. The van der Waals surface area contributed by atoms with Crippen LogP contribution in [-0.4, -0.2) is 28.9 Å². The number of anilines is 1. The predicted octanol–water partition coefficient (Wildman–Crippen LogP) is 2.47. The van der Waals surface area contributed by atoms with Crippen LogP contribution in [0.1, 0.15) is 5.69 Å². The maximum atomic E-state index is 12.2. The van der Waals surface area contributed by atoms with Crippen LogP contribution in [0.15, 0.2) is 42.5 Å². The largest absolute Gasteiger partial charge is 0.337 e. The van der Waals surface area contributed by atoms with Crippen molar-refractivity contribution in [3.05, 3.63) is 48.2 Å². The van der Waals surface area contributed by atoms with E-state index in [9.17, 15) is 4.79 Å². The molecule has 0 aliphatic heterocycles. The third-order valence-electron chi connectivity index (χ3n) is 2.30. The van der Waals surface area contributed by atoms with Gasteiger partial charge < -0.3 is 10.2 Å². The smallest absolute Gasteiger partial charge is 0.266 e. The second-order valence-electron chi connectivity index (χ2n) is 3.90. The average molecular weight is 288 g/mol. The molecule has 0 bridgehead atoms. The number of aryl methyl sites for hydroxylation is 1. The molecule has 0 radical (unpaired) electrons. The number of amides is 1. The average Bonchev–Trinajstić information content (AvgIpc) is 2.84. The molecule has 0 unspecified atom stereocenters. The maximum Gasteiger partial charge on any atom is 0.266 e. The van der Waals surface area contributed by atoms with Crippen LogP contribution in [0.5, 0.6) is 0 Å². The lowest BCUT2D eigenvalue weighted by atomic mass is 10.2. The molecule has 0 fully saturated rings. The summed E-state index contributed by atoms with van der Waals surface area (Å²) in [6.07, 6.45) is 4.59. The highest BCUT2D eigenvalue weighted by Gasteiger charge is 2.16. The van der Waals surface area contributed by atoms with E-state index in [2.05, 4.69) is 23.5 Å². The van der Waals surface area contributed by atoms with Crippen molar-refractivity contribution < 1.29 is 4.79 Å². The molecule has 1 amide bonds. The minimum absolute atomic E-state index is 0.0153. The Labute approximate surface area is 122 Å². The van der Waals surface area contributed by atoms with Crippen molar-refractivity contribution in [2.24, 2.45) is 0 Å². The van der Waals surface area contributed by atoms with Gasteiger partial charge in [-0.3, -0.25) is 4.79 Å². The van der Waals surface area contributed by atoms with Gasteiger partial charge in [-0.05, 0) is 6.92 Å². The fraction of sp³-hybridized carbons (Fsp3) is 0.214. The second kappa shape index (κ2) is 7.92. The fourth-order valence-electron chi connectivity index (χ4n) is 1.42. The maximum absolute atomic E-state index is 12.2. The van der Waals surface area contributed by atoms with Crippen LogP contribution in [0.3, 0.4) is 0 Å². The molecule has 1 rings (SSSR count). The van der Waals surface area contributed by atoms with E-state index in [-0.39, 0.29) is 11.5 Å². The normalized spacial score (nSPS) is 10.5. The van der Waals surface area contributed by atoms with Crippen LogP contribution in [0, 0.1) is 18.3 Å². The quantitative estimate of drug-likeness (QED) is 0.475. The molecule has 0 aromatic carbocycles. The first-order chi connectivity index (χ1) is 9.62. The summed E-state index contributed by atoms with van der Waals surface area (Å²) < 4.78 is 0. The van der Waals surface area contributed by atoms with E-state index in [1.807, 2.05) is 18.4 Å². The van der Waals surface area contributed by atoms with Gasteiger partial charge in [-0.15, -0.1) is 24.5 Å². The minimum Gasteiger partial charge on any atom is -0.337 e. The van der Waals surface area contributed by atoms with Crippen molar-refractivity contribution in [1.82, 2.24) is 9.88 Å². The number of rotatable bonds is 7. The summed E-state index contributed by atoms with van der Waals surface area (Å²) in [6.45, 7) is 9.78. The summed E-state index contributed by atoms with van der Waals surface area (Å²) in [5.41, 5.74) is 0.900. The van der Waals surface area contributed by atoms with Crippen molar-refractivity contribution >= 4 is 22.4 Å². The Balaban J connectivity index is 2.82. The van der Waals surface area contributed by atoms with Crippen LogP contribution in [0.2, 0.25) is 0 Å². The predicted molar refractivity (Wildman–Crippen MR) is 81.1 cm³/mol. The Bertz CT molecular complexity index is 558. The standard InChI is InChI=1S/C14H16N4OS/c1-4-6-18(7-5-2)13(19)12(8-15)9-16-14-17-11(3)10-20-14/h4-5,9-10H,1-2,6-7H2,3H3,(H,16,17)/b12-9-. The topological polar surface area (TPSA) is 69.0 Å². The molecule has 104 valence electrons. The second-order valence-corrected chi connectivity index (χ2v) is 4.75. The van der Waals surface area contributed by atoms with Gasteiger partial charge in [-0.2, -0.15) is 5.26 Å². The van der Waals surface area contributed by atoms with Gasteiger partial charge in [-0.25, -0.2) is 4.98 Å². The highest BCUT2D eigenvalue weighted by atomic mass is 32.1. The SMILES string of the molecule is C=CCN(CC=C)C(=O)/C(C#N)=C\Nc1nc(C)cs1. The number of thiazole rings is 1. The van der Waals surface area contributed by atoms with E-state index in [1.165, 1.54) is 22.4 Å². The van der Waals surface area contributed by atoms with E-state index < -0.39 is 0 Å². The number of aromatic nitrogens is 1. The van der Waals surface area contributed by atoms with E-state index in [0.29, 0.717) is 18.2 Å². The Kier molecular flexibility index (Phi) is 6.20. The van der Waals surface area contributed by atoms with E-state index in [4.69, 9.17) is 5.26 Å². The number of hydrogen-bond donors (Lipinski definition) is 1. The van der Waals surface area contributed by atoms with Crippen LogP contribution < -0.4 is 5.32 Å². The molecule has 0 saturated heterocycles. The molecule has 0 spiro atoms. The molecule has 1 aromatic rings. The third kappa shape index (κ3) is 4.37. The summed E-state index contributed by atoms with van der Waals surface area (Å²) in [5.74, 6) is -0.368. The zero-order valence-electron chi connectivity index (χ0n) is 11.3. The Morgan fingerprint density at radius 3 is 2.65 bits per heavy atom. The molecule has 0 saturated carbocycles. The van der Waals surface area contributed by atoms with Gasteiger partial charge in [0.2, 0.25) is 0 Å². The molecule has 1 N–H and O–H groups in total. The first-order valence-corrected chi connectivity index (χ1v) is 6.80. The van der Waals surface area contributed by atoms with Gasteiger partial charge in [-0.1, -0.05) is 12.2 Å².